The van der Waals surface area contributed by atoms with E-state index in [4.69, 9.17) is 26.0 Å². The van der Waals surface area contributed by atoms with Crippen molar-refractivity contribution in [2.45, 2.75) is 37.7 Å². The third kappa shape index (κ3) is 9.57. The van der Waals surface area contributed by atoms with Gasteiger partial charge in [0.05, 0.1) is 20.3 Å². The molecule has 18 heteroatoms. The first-order valence-electron chi connectivity index (χ1n) is 15.0. The molecule has 1 aliphatic heterocycles. The van der Waals surface area contributed by atoms with Gasteiger partial charge in [0.15, 0.2) is 17.0 Å². The van der Waals surface area contributed by atoms with Crippen LogP contribution in [-0.4, -0.2) is 133 Å². The minimum Gasteiger partial charge on any atom is -0.496 e. The Labute approximate surface area is 275 Å². The molecule has 2 atom stereocenters. The monoisotopic (exact) mass is 675 g/mol. The summed E-state index contributed by atoms with van der Waals surface area (Å²) >= 11 is 0.847. The number of nitrogen functional groups attached to an aromatic ring is 1. The first-order chi connectivity index (χ1) is 22.5. The van der Waals surface area contributed by atoms with Gasteiger partial charge >= 0.3 is 17.9 Å². The molecule has 0 spiro atoms. The Kier molecular flexibility index (Phi) is 12.4. The van der Waals surface area contributed by atoms with Crippen molar-refractivity contribution in [3.05, 3.63) is 29.3 Å². The topological polar surface area (TPSA) is 245 Å². The number of carboxylic acids is 2. The van der Waals surface area contributed by atoms with Gasteiger partial charge in [-0.2, -0.15) is 15.0 Å². The molecular formula is C29H41N9O8S. The van der Waals surface area contributed by atoms with Gasteiger partial charge in [-0.3, -0.25) is 28.8 Å². The molecule has 17 nitrogen and oxygen atoms in total. The molecule has 1 aliphatic rings. The third-order valence-corrected chi connectivity index (χ3v) is 8.92. The van der Waals surface area contributed by atoms with Gasteiger partial charge in [-0.25, -0.2) is 0 Å². The standard InChI is InChI=1S/C29H41N9O8S/c1-3-46-28-34-24(31)23-25(35-28)38(29(44)33-23)15-18-5-4-17(12-20(18)45-2)14-37-10-8-36(9-11-37)7-6-32-22(39)13-21(27(42)43)47-16-19(30)26(40)41/h4-5,12,19,21H,3,6-11,13-16,30H2,1-2H3,(H,32,39)(H,33,44)(H,40,41)(H,42,43)(H2,31,34,35)/t19-,21?/m1/s1. The van der Waals surface area contributed by atoms with Gasteiger partial charge in [0.2, 0.25) is 5.91 Å². The number of amides is 1. The predicted octanol–water partition coefficient (Wildman–Crippen LogP) is -0.208. The number of aromatic nitrogens is 4. The number of carbonyl (C=O) groups excluding carboxylic acids is 1. The smallest absolute Gasteiger partial charge is 0.321 e. The molecule has 8 N–H and O–H groups in total. The number of carboxylic acid groups (broad SMARTS) is 2. The molecule has 0 bridgehead atoms. The number of thioether (sulfide) groups is 1. The molecule has 3 heterocycles. The Morgan fingerprint density at radius 1 is 1.06 bits per heavy atom. The molecule has 1 amide bonds. The molecule has 4 rings (SSSR count). The third-order valence-electron chi connectivity index (χ3n) is 7.60. The van der Waals surface area contributed by atoms with Crippen molar-refractivity contribution in [2.24, 2.45) is 5.73 Å². The highest BCUT2D eigenvalue weighted by molar-refractivity contribution is 8.00. The number of ether oxygens (including phenoxy) is 2. The number of hydrogen-bond donors (Lipinski definition) is 6. The van der Waals surface area contributed by atoms with Gasteiger partial charge in [-0.05, 0) is 18.6 Å². The van der Waals surface area contributed by atoms with Crippen molar-refractivity contribution in [2.75, 3.05) is 64.5 Å². The quantitative estimate of drug-likeness (QED) is 0.108. The van der Waals surface area contributed by atoms with Crippen molar-refractivity contribution in [3.63, 3.8) is 0 Å². The van der Waals surface area contributed by atoms with Gasteiger partial charge in [0, 0.05) is 63.6 Å². The number of nitrogens with two attached hydrogens (primary N) is 2. The Morgan fingerprint density at radius 3 is 2.45 bits per heavy atom. The van der Waals surface area contributed by atoms with Gasteiger partial charge in [0.1, 0.15) is 17.0 Å². The van der Waals surface area contributed by atoms with Gasteiger partial charge in [-0.1, -0.05) is 12.1 Å². The SMILES string of the molecule is CCOc1nc(N)c2nc(O)n(Cc3ccc(CN4CCN(CCNC(=O)CC(SC[C@@H](N)C(=O)O)C(=O)O)CC4)cc3OC)c2n1. The number of nitrogens with zero attached hydrogens (tertiary/aromatic N) is 6. The maximum absolute atomic E-state index is 12.3. The van der Waals surface area contributed by atoms with Crippen molar-refractivity contribution in [3.8, 4) is 17.8 Å². The van der Waals surface area contributed by atoms with E-state index in [1.165, 1.54) is 4.57 Å². The molecule has 47 heavy (non-hydrogen) atoms. The number of hydrogen-bond acceptors (Lipinski definition) is 14. The molecule has 2 aromatic heterocycles. The lowest BCUT2D eigenvalue weighted by Gasteiger charge is -2.34. The molecule has 0 saturated carbocycles. The van der Waals surface area contributed by atoms with Crippen LogP contribution in [0.25, 0.3) is 11.2 Å². The van der Waals surface area contributed by atoms with E-state index >= 15 is 0 Å². The van der Waals surface area contributed by atoms with Gasteiger partial charge < -0.3 is 41.6 Å². The minimum absolute atomic E-state index is 0.101. The average molecular weight is 676 g/mol. The molecule has 3 aromatic rings. The fraction of sp³-hybridized carbons (Fsp3) is 0.517. The molecule has 1 aromatic carbocycles. The number of benzene rings is 1. The second-order valence-corrected chi connectivity index (χ2v) is 12.2. The normalized spacial score (nSPS) is 15.3. The second-order valence-electron chi connectivity index (χ2n) is 10.9. The minimum atomic E-state index is -1.22. The molecular weight excluding hydrogens is 634 g/mol. The predicted molar refractivity (Wildman–Crippen MR) is 174 cm³/mol. The highest BCUT2D eigenvalue weighted by Gasteiger charge is 2.25. The number of carbonyl (C=O) groups is 3. The lowest BCUT2D eigenvalue weighted by molar-refractivity contribution is -0.139. The van der Waals surface area contributed by atoms with E-state index in [1.54, 1.807) is 7.11 Å². The summed E-state index contributed by atoms with van der Waals surface area (Å²) < 4.78 is 12.6. The zero-order valence-electron chi connectivity index (χ0n) is 26.3. The maximum Gasteiger partial charge on any atom is 0.321 e. The second kappa shape index (κ2) is 16.4. The number of anilines is 1. The van der Waals surface area contributed by atoms with Crippen LogP contribution in [0.1, 0.15) is 24.5 Å². The average Bonchev–Trinajstić information content (AvgIpc) is 3.35. The maximum atomic E-state index is 12.3. The number of aliphatic carboxylic acids is 2. The van der Waals surface area contributed by atoms with Crippen LogP contribution >= 0.6 is 11.8 Å². The molecule has 256 valence electrons. The van der Waals surface area contributed by atoms with E-state index < -0.39 is 29.1 Å². The summed E-state index contributed by atoms with van der Waals surface area (Å²) in [5.74, 6) is -2.15. The van der Waals surface area contributed by atoms with Crippen LogP contribution in [0.5, 0.6) is 17.8 Å². The van der Waals surface area contributed by atoms with Crippen LogP contribution in [-0.2, 0) is 27.5 Å². The zero-order chi connectivity index (χ0) is 34.1. The fourth-order valence-corrected chi connectivity index (χ4v) is 6.04. The van der Waals surface area contributed by atoms with E-state index in [9.17, 15) is 24.6 Å². The fourth-order valence-electron chi connectivity index (χ4n) is 5.05. The van der Waals surface area contributed by atoms with Crippen LogP contribution in [0.15, 0.2) is 18.2 Å². The zero-order valence-corrected chi connectivity index (χ0v) is 27.1. The van der Waals surface area contributed by atoms with Crippen LogP contribution < -0.4 is 26.3 Å². The number of fused-ring (bicyclic) bond motifs is 1. The summed E-state index contributed by atoms with van der Waals surface area (Å²) in [6.45, 7) is 7.34. The lowest BCUT2D eigenvalue weighted by atomic mass is 10.1. The van der Waals surface area contributed by atoms with E-state index in [0.29, 0.717) is 37.6 Å². The van der Waals surface area contributed by atoms with Gasteiger partial charge in [0.25, 0.3) is 6.01 Å². The van der Waals surface area contributed by atoms with Crippen molar-refractivity contribution in [1.82, 2.24) is 34.6 Å². The lowest BCUT2D eigenvalue weighted by Crippen LogP contribution is -2.48. The Morgan fingerprint density at radius 2 is 1.79 bits per heavy atom. The molecule has 1 unspecified atom stereocenters. The number of piperazine rings is 1. The molecule has 0 radical (unpaired) electrons. The van der Waals surface area contributed by atoms with E-state index in [-0.39, 0.29) is 42.1 Å². The molecule has 1 saturated heterocycles. The number of methoxy groups -OCH3 is 1. The molecule has 0 aliphatic carbocycles. The first-order valence-corrected chi connectivity index (χ1v) is 16.1. The van der Waals surface area contributed by atoms with Crippen molar-refractivity contribution >= 4 is 46.6 Å². The number of imidazole rings is 1. The van der Waals surface area contributed by atoms with E-state index in [2.05, 4.69) is 30.1 Å². The van der Waals surface area contributed by atoms with Crippen LogP contribution in [0.2, 0.25) is 0 Å². The summed E-state index contributed by atoms with van der Waals surface area (Å²) in [6, 6.07) is 4.59. The Balaban J connectivity index is 1.25. The number of rotatable bonds is 17. The highest BCUT2D eigenvalue weighted by Crippen LogP contribution is 2.29. The number of aromatic hydroxyl groups is 1. The summed E-state index contributed by atoms with van der Waals surface area (Å²) in [4.78, 5) is 51.8. The van der Waals surface area contributed by atoms with Crippen molar-refractivity contribution in [1.29, 1.82) is 0 Å². The van der Waals surface area contributed by atoms with E-state index in [0.717, 1.165) is 49.1 Å². The van der Waals surface area contributed by atoms with Gasteiger partial charge in [-0.15, -0.1) is 11.8 Å². The van der Waals surface area contributed by atoms with Crippen molar-refractivity contribution < 1.29 is 39.2 Å². The largest absolute Gasteiger partial charge is 0.496 e. The Hall–Kier alpha value is -4.39. The highest BCUT2D eigenvalue weighted by atomic mass is 32.2. The summed E-state index contributed by atoms with van der Waals surface area (Å²) in [6.07, 6.45) is -0.264. The van der Waals surface area contributed by atoms with Crippen LogP contribution in [0.4, 0.5) is 5.82 Å². The summed E-state index contributed by atoms with van der Waals surface area (Å²) in [5.41, 5.74) is 14.0. The van der Waals surface area contributed by atoms with E-state index in [1.807, 2.05) is 25.1 Å². The Bertz CT molecular complexity index is 1560. The van der Waals surface area contributed by atoms with Crippen LogP contribution in [0.3, 0.4) is 0 Å². The van der Waals surface area contributed by atoms with Crippen LogP contribution in [0, 0.1) is 0 Å². The summed E-state index contributed by atoms with van der Waals surface area (Å²) in [7, 11) is 1.59. The number of nitrogens with one attached hydrogen (secondary N) is 1. The summed E-state index contributed by atoms with van der Waals surface area (Å²) in [5, 5.41) is 30.5. The first kappa shape index (κ1) is 35.5. The molecule has 1 fully saturated rings.